The topological polar surface area (TPSA) is 99.2 Å². The first-order chi connectivity index (χ1) is 15.7. The first-order valence-electron chi connectivity index (χ1n) is 10.6. The van der Waals surface area contributed by atoms with Crippen molar-refractivity contribution < 1.29 is 31.8 Å². The molecule has 1 amide bonds. The van der Waals surface area contributed by atoms with Gasteiger partial charge < -0.3 is 14.0 Å². The van der Waals surface area contributed by atoms with Crippen molar-refractivity contribution in [2.75, 3.05) is 31.5 Å². The molecule has 1 aromatic carbocycles. The zero-order valence-electron chi connectivity index (χ0n) is 20.0. The molecule has 13 heteroatoms. The fourth-order valence-electron chi connectivity index (χ4n) is 3.07. The summed E-state index contributed by atoms with van der Waals surface area (Å²) in [5.41, 5.74) is -0.627. The van der Waals surface area contributed by atoms with Crippen LogP contribution >= 0.6 is 41.9 Å². The van der Waals surface area contributed by atoms with Gasteiger partial charge in [-0.25, -0.2) is 4.79 Å². The molecule has 1 unspecified atom stereocenters. The van der Waals surface area contributed by atoms with E-state index in [0.29, 0.717) is 25.7 Å². The number of nitrogens with zero attached hydrogens (tertiary/aromatic N) is 1. The van der Waals surface area contributed by atoms with Crippen molar-refractivity contribution in [2.45, 2.75) is 51.4 Å². The Balaban J connectivity index is 2.66. The van der Waals surface area contributed by atoms with E-state index in [1.165, 1.54) is 0 Å². The molecule has 1 atom stereocenters. The Morgan fingerprint density at radius 2 is 1.88 bits per heavy atom. The molecule has 0 saturated carbocycles. The summed E-state index contributed by atoms with van der Waals surface area (Å²) >= 11 is 13.2. The van der Waals surface area contributed by atoms with Crippen LogP contribution < -0.4 is 4.74 Å². The summed E-state index contributed by atoms with van der Waals surface area (Å²) in [6.07, 6.45) is -1.72. The van der Waals surface area contributed by atoms with E-state index in [9.17, 15) is 17.8 Å². The lowest BCUT2D eigenvalue weighted by atomic mass is 10.2. The molecule has 0 saturated heterocycles. The van der Waals surface area contributed by atoms with Crippen LogP contribution in [0.4, 0.5) is 4.79 Å². The predicted octanol–water partition coefficient (Wildman–Crippen LogP) is 6.70. The fraction of sp³-hybridized carbons (Fsp3) is 0.571. The molecule has 192 valence electrons. The van der Waals surface area contributed by atoms with Gasteiger partial charge in [0.2, 0.25) is 7.37 Å². The number of fused-ring (bicyclic) bond motifs is 1. The Labute approximate surface area is 215 Å². The van der Waals surface area contributed by atoms with Crippen LogP contribution in [0.15, 0.2) is 16.3 Å². The molecule has 1 heterocycles. The number of sulfonamides is 1. The summed E-state index contributed by atoms with van der Waals surface area (Å²) in [6.45, 7) is 10.0. The van der Waals surface area contributed by atoms with E-state index in [-0.39, 0.29) is 34.5 Å². The number of alkyl halides is 1. The maximum Gasteiger partial charge on any atom is 0.424 e. The SMILES string of the molecule is CCOP(=O)(CC)CN(C(=O)OC(C)(C)C)S(=O)(=O)c1sc2ccc(OCCCl)c(Cl)c2c1C. The third-order valence-corrected chi connectivity index (χ3v) is 11.3. The highest BCUT2D eigenvalue weighted by atomic mass is 35.5. The average Bonchev–Trinajstić information content (AvgIpc) is 3.08. The molecule has 0 bridgehead atoms. The van der Waals surface area contributed by atoms with E-state index in [0.717, 1.165) is 11.3 Å². The van der Waals surface area contributed by atoms with Gasteiger partial charge in [-0.3, -0.25) is 4.57 Å². The molecule has 8 nitrogen and oxygen atoms in total. The van der Waals surface area contributed by atoms with Crippen LogP contribution in [0.5, 0.6) is 5.75 Å². The van der Waals surface area contributed by atoms with Crippen LogP contribution in [0.3, 0.4) is 0 Å². The van der Waals surface area contributed by atoms with Crippen molar-refractivity contribution in [2.24, 2.45) is 0 Å². The molecule has 0 spiro atoms. The van der Waals surface area contributed by atoms with Crippen molar-refractivity contribution >= 4 is 68.1 Å². The van der Waals surface area contributed by atoms with Gasteiger partial charge in [0.15, 0.2) is 0 Å². The number of halogens is 2. The maximum atomic E-state index is 13.8. The molecule has 1 aromatic heterocycles. The minimum Gasteiger partial charge on any atom is -0.491 e. The van der Waals surface area contributed by atoms with Crippen LogP contribution in [0.25, 0.3) is 10.1 Å². The van der Waals surface area contributed by atoms with Crippen LogP contribution in [0.1, 0.15) is 40.2 Å². The van der Waals surface area contributed by atoms with E-state index in [2.05, 4.69) is 0 Å². The van der Waals surface area contributed by atoms with Gasteiger partial charge in [0.1, 0.15) is 28.5 Å². The summed E-state index contributed by atoms with van der Waals surface area (Å²) in [4.78, 5) is 13.0. The molecule has 0 aliphatic heterocycles. The number of amides is 1. The van der Waals surface area contributed by atoms with Crippen molar-refractivity contribution in [3.63, 3.8) is 0 Å². The number of ether oxygens (including phenoxy) is 2. The first-order valence-corrected chi connectivity index (χ1v) is 15.8. The lowest BCUT2D eigenvalue weighted by Gasteiger charge is -2.29. The molecule has 34 heavy (non-hydrogen) atoms. The Kier molecular flexibility index (Phi) is 9.75. The number of hydrogen-bond donors (Lipinski definition) is 0. The minimum atomic E-state index is -4.47. The second-order valence-electron chi connectivity index (χ2n) is 8.33. The Hall–Kier alpha value is -1.03. The molecular formula is C21H30Cl2NO7PS2. The van der Waals surface area contributed by atoms with Gasteiger partial charge >= 0.3 is 6.09 Å². The molecule has 0 fully saturated rings. The van der Waals surface area contributed by atoms with E-state index >= 15 is 0 Å². The zero-order valence-corrected chi connectivity index (χ0v) is 24.1. The monoisotopic (exact) mass is 573 g/mol. The third kappa shape index (κ3) is 6.59. The first kappa shape index (κ1) is 29.2. The molecule has 2 aromatic rings. The zero-order chi connectivity index (χ0) is 25.9. The second kappa shape index (κ2) is 11.4. The summed E-state index contributed by atoms with van der Waals surface area (Å²) in [5, 5.41) is 0.736. The van der Waals surface area contributed by atoms with E-state index in [4.69, 9.17) is 37.2 Å². The number of thiophene rings is 1. The molecular weight excluding hydrogens is 544 g/mol. The van der Waals surface area contributed by atoms with Crippen molar-refractivity contribution in [3.05, 3.63) is 22.7 Å². The van der Waals surface area contributed by atoms with Gasteiger partial charge in [-0.1, -0.05) is 18.5 Å². The smallest absolute Gasteiger partial charge is 0.424 e. The van der Waals surface area contributed by atoms with Crippen molar-refractivity contribution in [1.29, 1.82) is 0 Å². The highest BCUT2D eigenvalue weighted by Crippen LogP contribution is 2.49. The fourth-order valence-corrected chi connectivity index (χ4v) is 8.97. The molecule has 0 aliphatic rings. The highest BCUT2D eigenvalue weighted by molar-refractivity contribution is 7.92. The van der Waals surface area contributed by atoms with Crippen LogP contribution in [0, 0.1) is 6.92 Å². The van der Waals surface area contributed by atoms with Gasteiger partial charge in [0.05, 0.1) is 17.5 Å². The number of carbonyl (C=O) groups is 1. The summed E-state index contributed by atoms with van der Waals surface area (Å²) < 4.78 is 58.1. The number of rotatable bonds is 10. The number of benzene rings is 1. The minimum absolute atomic E-state index is 0.0498. The number of carbonyl (C=O) groups excluding carboxylic acids is 1. The Morgan fingerprint density at radius 3 is 2.41 bits per heavy atom. The summed E-state index contributed by atoms with van der Waals surface area (Å²) in [5.74, 6) is 0.634. The van der Waals surface area contributed by atoms with Gasteiger partial charge in [-0.2, -0.15) is 12.7 Å². The molecule has 0 N–H and O–H groups in total. The normalized spacial score (nSPS) is 14.1. The lowest BCUT2D eigenvalue weighted by molar-refractivity contribution is 0.0407. The van der Waals surface area contributed by atoms with E-state index in [1.807, 2.05) is 0 Å². The molecule has 0 radical (unpaired) electrons. The van der Waals surface area contributed by atoms with Crippen LogP contribution in [-0.2, 0) is 23.8 Å². The van der Waals surface area contributed by atoms with Gasteiger partial charge in [0.25, 0.3) is 10.0 Å². The van der Waals surface area contributed by atoms with Gasteiger partial charge in [-0.15, -0.1) is 22.9 Å². The summed E-state index contributed by atoms with van der Waals surface area (Å²) in [6, 6.07) is 3.33. The largest absolute Gasteiger partial charge is 0.491 e. The predicted molar refractivity (Wildman–Crippen MR) is 138 cm³/mol. The second-order valence-corrected chi connectivity index (χ2v) is 15.0. The Bertz CT molecular complexity index is 1190. The highest BCUT2D eigenvalue weighted by Gasteiger charge is 2.40. The number of aryl methyl sites for hydroxylation is 1. The third-order valence-electron chi connectivity index (χ3n) is 4.60. The van der Waals surface area contributed by atoms with Crippen LogP contribution in [-0.4, -0.2) is 56.0 Å². The average molecular weight is 574 g/mol. The van der Waals surface area contributed by atoms with Crippen LogP contribution in [0.2, 0.25) is 5.02 Å². The van der Waals surface area contributed by atoms with Gasteiger partial charge in [-0.05, 0) is 52.3 Å². The molecule has 2 rings (SSSR count). The van der Waals surface area contributed by atoms with Crippen molar-refractivity contribution in [1.82, 2.24) is 4.31 Å². The number of hydrogen-bond acceptors (Lipinski definition) is 8. The van der Waals surface area contributed by atoms with Crippen molar-refractivity contribution in [3.8, 4) is 5.75 Å². The van der Waals surface area contributed by atoms with Gasteiger partial charge in [0, 0.05) is 16.2 Å². The lowest BCUT2D eigenvalue weighted by Crippen LogP contribution is -2.41. The standard InChI is InChI=1S/C21H30Cl2NO7PS2/c1-7-30-32(26,8-2)13-24(20(25)31-21(4,5)6)34(27,28)19-14(3)17-16(33-19)10-9-15(18(17)23)29-12-11-22/h9-10H,7-8,11-13H2,1-6H3. The Morgan fingerprint density at radius 1 is 1.24 bits per heavy atom. The maximum absolute atomic E-state index is 13.8. The van der Waals surface area contributed by atoms with E-state index < -0.39 is 35.4 Å². The van der Waals surface area contributed by atoms with E-state index in [1.54, 1.807) is 53.7 Å². The summed E-state index contributed by atoms with van der Waals surface area (Å²) in [7, 11) is -7.95. The quantitative estimate of drug-likeness (QED) is 0.230. The molecule has 0 aliphatic carbocycles.